The Hall–Kier alpha value is -4.33. The van der Waals surface area contributed by atoms with Crippen LogP contribution in [0.2, 0.25) is 0 Å². The predicted molar refractivity (Wildman–Crippen MR) is 115 cm³/mol. The molecule has 8 nitrogen and oxygen atoms in total. The summed E-state index contributed by atoms with van der Waals surface area (Å²) in [6.07, 6.45) is 0. The molecule has 0 aliphatic carbocycles. The number of benzene rings is 3. The first-order valence-corrected chi connectivity index (χ1v) is 9.59. The van der Waals surface area contributed by atoms with Crippen LogP contribution in [0.1, 0.15) is 42.2 Å². The van der Waals surface area contributed by atoms with Crippen LogP contribution in [0, 0.1) is 24.0 Å². The highest BCUT2D eigenvalue weighted by atomic mass is 16.6. The number of carbonyl (C=O) groups is 3. The van der Waals surface area contributed by atoms with Crippen molar-refractivity contribution in [3.8, 4) is 5.75 Å². The van der Waals surface area contributed by atoms with Crippen molar-refractivity contribution in [3.63, 3.8) is 0 Å². The van der Waals surface area contributed by atoms with Gasteiger partial charge in [0, 0.05) is 17.2 Å². The van der Waals surface area contributed by atoms with E-state index in [-0.39, 0.29) is 22.6 Å². The van der Waals surface area contributed by atoms with E-state index in [2.05, 4.69) is 0 Å². The van der Waals surface area contributed by atoms with E-state index >= 15 is 0 Å². The van der Waals surface area contributed by atoms with Crippen LogP contribution in [0.25, 0.3) is 0 Å². The Morgan fingerprint density at radius 3 is 2.03 bits per heavy atom. The molecule has 0 unspecified atom stereocenters. The molecule has 0 saturated carbocycles. The Bertz CT molecular complexity index is 1180. The normalized spacial score (nSPS) is 10.3. The van der Waals surface area contributed by atoms with Crippen molar-refractivity contribution in [2.24, 2.45) is 0 Å². The fraction of sp³-hybridized carbons (Fsp3) is 0.125. The van der Waals surface area contributed by atoms with E-state index in [0.29, 0.717) is 11.1 Å². The maximum Gasteiger partial charge on any atom is 0.343 e. The van der Waals surface area contributed by atoms with Crippen LogP contribution in [0.15, 0.2) is 66.7 Å². The molecule has 0 fully saturated rings. The Morgan fingerprint density at radius 2 is 1.41 bits per heavy atom. The molecular formula is C24H19NO7. The molecule has 0 N–H and O–H groups in total. The summed E-state index contributed by atoms with van der Waals surface area (Å²) >= 11 is 0. The first kappa shape index (κ1) is 22.4. The number of ketones is 1. The minimum Gasteiger partial charge on any atom is -0.454 e. The average molecular weight is 433 g/mol. The van der Waals surface area contributed by atoms with Crippen molar-refractivity contribution in [1.82, 2.24) is 0 Å². The third kappa shape index (κ3) is 5.42. The van der Waals surface area contributed by atoms with Crippen LogP contribution in [0.3, 0.4) is 0 Å². The summed E-state index contributed by atoms with van der Waals surface area (Å²) in [5.74, 6) is -1.58. The Balaban J connectivity index is 1.58. The van der Waals surface area contributed by atoms with Crippen molar-refractivity contribution in [2.75, 3.05) is 6.61 Å². The van der Waals surface area contributed by atoms with Gasteiger partial charge in [-0.05, 0) is 56.3 Å². The molecule has 32 heavy (non-hydrogen) atoms. The number of hydrogen-bond acceptors (Lipinski definition) is 7. The molecule has 0 heterocycles. The van der Waals surface area contributed by atoms with E-state index in [9.17, 15) is 24.5 Å². The summed E-state index contributed by atoms with van der Waals surface area (Å²) in [4.78, 5) is 47.0. The van der Waals surface area contributed by atoms with Gasteiger partial charge in [-0.2, -0.15) is 0 Å². The van der Waals surface area contributed by atoms with Gasteiger partial charge >= 0.3 is 11.9 Å². The summed E-state index contributed by atoms with van der Waals surface area (Å²) in [5, 5.41) is 11.0. The topological polar surface area (TPSA) is 113 Å². The molecule has 3 rings (SSSR count). The SMILES string of the molecule is Cc1ccc(C(=O)Oc2ccc(C(=O)COC(=O)c3ccc(C)c([N+](=O)[O-])c3)cc2)cc1. The molecule has 0 atom stereocenters. The lowest BCUT2D eigenvalue weighted by Gasteiger charge is -2.07. The van der Waals surface area contributed by atoms with Crippen molar-refractivity contribution in [3.05, 3.63) is 105 Å². The molecule has 0 amide bonds. The Kier molecular flexibility index (Phi) is 6.74. The van der Waals surface area contributed by atoms with E-state index in [4.69, 9.17) is 9.47 Å². The quantitative estimate of drug-likeness (QED) is 0.178. The van der Waals surface area contributed by atoms with Crippen LogP contribution in [-0.2, 0) is 4.74 Å². The fourth-order valence-corrected chi connectivity index (χ4v) is 2.80. The molecule has 162 valence electrons. The maximum atomic E-state index is 12.3. The van der Waals surface area contributed by atoms with Crippen LogP contribution < -0.4 is 4.74 Å². The highest BCUT2D eigenvalue weighted by Crippen LogP contribution is 2.20. The average Bonchev–Trinajstić information content (AvgIpc) is 2.78. The van der Waals surface area contributed by atoms with Crippen LogP contribution in [-0.4, -0.2) is 29.3 Å². The largest absolute Gasteiger partial charge is 0.454 e. The van der Waals surface area contributed by atoms with Crippen molar-refractivity contribution >= 4 is 23.4 Å². The number of nitro benzene ring substituents is 1. The van der Waals surface area contributed by atoms with E-state index in [0.717, 1.165) is 11.6 Å². The minimum atomic E-state index is -0.843. The molecule has 0 saturated heterocycles. The molecule has 0 bridgehead atoms. The van der Waals surface area contributed by atoms with Crippen molar-refractivity contribution in [2.45, 2.75) is 13.8 Å². The minimum absolute atomic E-state index is 0.0199. The molecule has 0 aliphatic heterocycles. The van der Waals surface area contributed by atoms with Crippen LogP contribution >= 0.6 is 0 Å². The summed E-state index contributed by atoms with van der Waals surface area (Å²) in [5.41, 5.74) is 1.85. The number of ether oxygens (including phenoxy) is 2. The van der Waals surface area contributed by atoms with Gasteiger partial charge < -0.3 is 9.47 Å². The van der Waals surface area contributed by atoms with Gasteiger partial charge in [-0.3, -0.25) is 14.9 Å². The van der Waals surface area contributed by atoms with E-state index in [1.807, 2.05) is 6.92 Å². The first-order valence-electron chi connectivity index (χ1n) is 9.59. The molecule has 0 radical (unpaired) electrons. The fourth-order valence-electron chi connectivity index (χ4n) is 2.80. The van der Waals surface area contributed by atoms with Gasteiger partial charge in [-0.15, -0.1) is 0 Å². The van der Waals surface area contributed by atoms with Gasteiger partial charge in [-0.25, -0.2) is 9.59 Å². The van der Waals surface area contributed by atoms with Crippen LogP contribution in [0.5, 0.6) is 5.75 Å². The second kappa shape index (κ2) is 9.65. The molecule has 3 aromatic carbocycles. The molecule has 8 heteroatoms. The second-order valence-electron chi connectivity index (χ2n) is 7.04. The first-order chi connectivity index (χ1) is 15.2. The van der Waals surface area contributed by atoms with Gasteiger partial charge in [0.15, 0.2) is 12.4 Å². The standard InChI is InChI=1S/C24H19NO7/c1-15-3-6-18(7-4-15)24(28)32-20-11-9-17(10-12-20)22(26)14-31-23(27)19-8-5-16(2)21(13-19)25(29)30/h3-13H,14H2,1-2H3. The molecule has 0 aliphatic rings. The molecule has 0 spiro atoms. The van der Waals surface area contributed by atoms with Gasteiger partial charge in [0.2, 0.25) is 0 Å². The lowest BCUT2D eigenvalue weighted by molar-refractivity contribution is -0.385. The Labute approximate surface area is 183 Å². The number of carbonyl (C=O) groups excluding carboxylic acids is 3. The second-order valence-corrected chi connectivity index (χ2v) is 7.04. The highest BCUT2D eigenvalue weighted by Gasteiger charge is 2.17. The maximum absolute atomic E-state index is 12.3. The zero-order valence-corrected chi connectivity index (χ0v) is 17.4. The summed E-state index contributed by atoms with van der Waals surface area (Å²) < 4.78 is 10.3. The predicted octanol–water partition coefficient (Wildman–Crippen LogP) is 4.47. The van der Waals surface area contributed by atoms with Gasteiger partial charge in [-0.1, -0.05) is 23.8 Å². The number of aryl methyl sites for hydroxylation is 2. The number of nitro groups is 1. The van der Waals surface area contributed by atoms with Gasteiger partial charge in [0.05, 0.1) is 16.1 Å². The smallest absolute Gasteiger partial charge is 0.343 e. The van der Waals surface area contributed by atoms with Crippen molar-refractivity contribution in [1.29, 1.82) is 0 Å². The number of hydrogen-bond donors (Lipinski definition) is 0. The number of rotatable bonds is 7. The van der Waals surface area contributed by atoms with Gasteiger partial charge in [0.1, 0.15) is 5.75 Å². The highest BCUT2D eigenvalue weighted by molar-refractivity contribution is 5.99. The molecule has 0 aromatic heterocycles. The molecule has 3 aromatic rings. The van der Waals surface area contributed by atoms with Gasteiger partial charge in [0.25, 0.3) is 5.69 Å². The van der Waals surface area contributed by atoms with Crippen molar-refractivity contribution < 1.29 is 28.8 Å². The summed E-state index contributed by atoms with van der Waals surface area (Å²) in [6.45, 7) is 2.92. The third-order valence-corrected chi connectivity index (χ3v) is 4.65. The van der Waals surface area contributed by atoms with E-state index in [1.54, 1.807) is 31.2 Å². The summed E-state index contributed by atoms with van der Waals surface area (Å²) in [6, 6.07) is 16.7. The zero-order chi connectivity index (χ0) is 23.3. The number of Topliss-reactive ketones (excluding diaryl/α,β-unsaturated/α-hetero) is 1. The summed E-state index contributed by atoms with van der Waals surface area (Å²) in [7, 11) is 0. The van der Waals surface area contributed by atoms with Crippen LogP contribution in [0.4, 0.5) is 5.69 Å². The lowest BCUT2D eigenvalue weighted by Crippen LogP contribution is -2.14. The van der Waals surface area contributed by atoms with E-state index < -0.39 is 29.3 Å². The number of nitrogens with zero attached hydrogens (tertiary/aromatic N) is 1. The zero-order valence-electron chi connectivity index (χ0n) is 17.4. The Morgan fingerprint density at radius 1 is 0.812 bits per heavy atom. The molecular weight excluding hydrogens is 414 g/mol. The van der Waals surface area contributed by atoms with E-state index in [1.165, 1.54) is 36.4 Å². The third-order valence-electron chi connectivity index (χ3n) is 4.65. The number of esters is 2. The lowest BCUT2D eigenvalue weighted by atomic mass is 10.1. The monoisotopic (exact) mass is 433 g/mol.